The maximum atomic E-state index is 12.5. The standard InChI is InChI=1S/C18H19N5O2/c1-13-17(19-12-25-13)18(24)22-9-7-15(8-10-22)23-11-16(20-21-23)14-5-3-2-4-6-14/h2-6,11-12,15H,7-10H2,1H3. The van der Waals surface area contributed by atoms with Gasteiger partial charge >= 0.3 is 0 Å². The number of carbonyl (C=O) groups excluding carboxylic acids is 1. The number of hydrogen-bond donors (Lipinski definition) is 0. The first kappa shape index (κ1) is 15.6. The fourth-order valence-corrected chi connectivity index (χ4v) is 3.19. The molecule has 25 heavy (non-hydrogen) atoms. The number of aryl methyl sites for hydroxylation is 1. The van der Waals surface area contributed by atoms with E-state index in [0.29, 0.717) is 24.5 Å². The van der Waals surface area contributed by atoms with Gasteiger partial charge in [0.15, 0.2) is 12.1 Å². The topological polar surface area (TPSA) is 77.0 Å². The molecule has 3 aromatic rings. The van der Waals surface area contributed by atoms with Crippen molar-refractivity contribution in [3.05, 3.63) is 54.4 Å². The molecule has 0 spiro atoms. The first-order valence-corrected chi connectivity index (χ1v) is 8.39. The molecule has 0 radical (unpaired) electrons. The molecule has 7 heteroatoms. The lowest BCUT2D eigenvalue weighted by Crippen LogP contribution is -2.39. The number of oxazole rings is 1. The van der Waals surface area contributed by atoms with Gasteiger partial charge in [0, 0.05) is 18.7 Å². The summed E-state index contributed by atoms with van der Waals surface area (Å²) in [7, 11) is 0. The Labute approximate surface area is 145 Å². The monoisotopic (exact) mass is 337 g/mol. The van der Waals surface area contributed by atoms with Crippen LogP contribution in [-0.4, -0.2) is 43.9 Å². The van der Waals surface area contributed by atoms with E-state index in [1.54, 1.807) is 6.92 Å². The summed E-state index contributed by atoms with van der Waals surface area (Å²) in [5, 5.41) is 8.56. The zero-order valence-corrected chi connectivity index (χ0v) is 14.0. The average molecular weight is 337 g/mol. The first-order chi connectivity index (χ1) is 12.2. The van der Waals surface area contributed by atoms with Crippen LogP contribution in [0.1, 0.15) is 35.1 Å². The molecular weight excluding hydrogens is 318 g/mol. The third-order valence-electron chi connectivity index (χ3n) is 4.65. The quantitative estimate of drug-likeness (QED) is 0.734. The molecular formula is C18H19N5O2. The number of nitrogens with zero attached hydrogens (tertiary/aromatic N) is 5. The third-order valence-corrected chi connectivity index (χ3v) is 4.65. The van der Waals surface area contributed by atoms with Crippen molar-refractivity contribution < 1.29 is 9.21 Å². The molecule has 1 amide bonds. The Morgan fingerprint density at radius 1 is 1.20 bits per heavy atom. The number of amides is 1. The Balaban J connectivity index is 1.42. The second-order valence-corrected chi connectivity index (χ2v) is 6.23. The summed E-state index contributed by atoms with van der Waals surface area (Å²) in [6, 6.07) is 10.3. The van der Waals surface area contributed by atoms with Crippen LogP contribution in [0.3, 0.4) is 0 Å². The summed E-state index contributed by atoms with van der Waals surface area (Å²) in [6.45, 7) is 3.11. The van der Waals surface area contributed by atoms with Gasteiger partial charge in [-0.15, -0.1) is 5.10 Å². The van der Waals surface area contributed by atoms with Gasteiger partial charge in [-0.1, -0.05) is 35.5 Å². The van der Waals surface area contributed by atoms with Crippen LogP contribution in [0, 0.1) is 6.92 Å². The lowest BCUT2D eigenvalue weighted by atomic mass is 10.0. The zero-order valence-electron chi connectivity index (χ0n) is 14.0. The van der Waals surface area contributed by atoms with Crippen molar-refractivity contribution in [1.82, 2.24) is 24.9 Å². The van der Waals surface area contributed by atoms with Gasteiger partial charge in [-0.25, -0.2) is 9.67 Å². The summed E-state index contributed by atoms with van der Waals surface area (Å²) in [4.78, 5) is 18.3. The van der Waals surface area contributed by atoms with E-state index in [1.807, 2.05) is 46.1 Å². The van der Waals surface area contributed by atoms with Gasteiger partial charge in [-0.3, -0.25) is 4.79 Å². The molecule has 1 fully saturated rings. The molecule has 0 saturated carbocycles. The predicted octanol–water partition coefficient (Wildman–Crippen LogP) is 2.72. The van der Waals surface area contributed by atoms with Crippen LogP contribution in [0.15, 0.2) is 47.3 Å². The minimum absolute atomic E-state index is 0.0618. The lowest BCUT2D eigenvalue weighted by Gasteiger charge is -2.31. The SMILES string of the molecule is Cc1ocnc1C(=O)N1CCC(n2cc(-c3ccccc3)nn2)CC1. The van der Waals surface area contributed by atoms with E-state index in [1.165, 1.54) is 6.39 Å². The zero-order chi connectivity index (χ0) is 17.2. The molecule has 2 aromatic heterocycles. The van der Waals surface area contributed by atoms with Crippen LogP contribution in [0.4, 0.5) is 0 Å². The van der Waals surface area contributed by atoms with E-state index in [4.69, 9.17) is 4.42 Å². The Kier molecular flexibility index (Phi) is 4.05. The molecule has 3 heterocycles. The molecule has 4 rings (SSSR count). The molecule has 0 atom stereocenters. The number of piperidine rings is 1. The average Bonchev–Trinajstić information content (AvgIpc) is 3.31. The van der Waals surface area contributed by atoms with Crippen LogP contribution in [-0.2, 0) is 0 Å². The van der Waals surface area contributed by atoms with Crippen LogP contribution < -0.4 is 0 Å². The van der Waals surface area contributed by atoms with Gasteiger partial charge in [0.2, 0.25) is 0 Å². The lowest BCUT2D eigenvalue weighted by molar-refractivity contribution is 0.0682. The summed E-state index contributed by atoms with van der Waals surface area (Å²) in [5.74, 6) is 0.504. The highest BCUT2D eigenvalue weighted by molar-refractivity contribution is 5.93. The maximum absolute atomic E-state index is 12.5. The number of hydrogen-bond acceptors (Lipinski definition) is 5. The summed E-state index contributed by atoms with van der Waals surface area (Å²) in [5.41, 5.74) is 2.34. The fraction of sp³-hybridized carbons (Fsp3) is 0.333. The molecule has 0 aliphatic carbocycles. The van der Waals surface area contributed by atoms with Crippen LogP contribution >= 0.6 is 0 Å². The molecule has 1 saturated heterocycles. The largest absolute Gasteiger partial charge is 0.448 e. The van der Waals surface area contributed by atoms with Crippen molar-refractivity contribution >= 4 is 5.91 Å². The van der Waals surface area contributed by atoms with Crippen molar-refractivity contribution in [3.63, 3.8) is 0 Å². The van der Waals surface area contributed by atoms with Crippen LogP contribution in [0.5, 0.6) is 0 Å². The summed E-state index contributed by atoms with van der Waals surface area (Å²) >= 11 is 0. The maximum Gasteiger partial charge on any atom is 0.276 e. The van der Waals surface area contributed by atoms with Crippen molar-refractivity contribution in [3.8, 4) is 11.3 Å². The predicted molar refractivity (Wildman–Crippen MR) is 90.9 cm³/mol. The van der Waals surface area contributed by atoms with Gasteiger partial charge in [0.1, 0.15) is 11.5 Å². The van der Waals surface area contributed by atoms with Crippen LogP contribution in [0.2, 0.25) is 0 Å². The van der Waals surface area contributed by atoms with E-state index in [9.17, 15) is 4.79 Å². The van der Waals surface area contributed by atoms with E-state index < -0.39 is 0 Å². The molecule has 1 aliphatic heterocycles. The molecule has 7 nitrogen and oxygen atoms in total. The van der Waals surface area contributed by atoms with Gasteiger partial charge in [0.25, 0.3) is 5.91 Å². The highest BCUT2D eigenvalue weighted by Gasteiger charge is 2.27. The van der Waals surface area contributed by atoms with E-state index >= 15 is 0 Å². The Bertz CT molecular complexity index is 862. The normalized spacial score (nSPS) is 15.5. The van der Waals surface area contributed by atoms with Gasteiger partial charge < -0.3 is 9.32 Å². The highest BCUT2D eigenvalue weighted by atomic mass is 16.3. The van der Waals surface area contributed by atoms with E-state index in [-0.39, 0.29) is 11.9 Å². The second kappa shape index (κ2) is 6.51. The number of likely N-dealkylation sites (tertiary alicyclic amines) is 1. The minimum Gasteiger partial charge on any atom is -0.448 e. The molecule has 1 aliphatic rings. The van der Waals surface area contributed by atoms with Crippen molar-refractivity contribution in [2.45, 2.75) is 25.8 Å². The Morgan fingerprint density at radius 3 is 2.64 bits per heavy atom. The molecule has 128 valence electrons. The van der Waals surface area contributed by atoms with Gasteiger partial charge in [-0.05, 0) is 19.8 Å². The van der Waals surface area contributed by atoms with Crippen molar-refractivity contribution in [1.29, 1.82) is 0 Å². The van der Waals surface area contributed by atoms with E-state index in [0.717, 1.165) is 24.1 Å². The molecule has 0 unspecified atom stereocenters. The number of rotatable bonds is 3. The van der Waals surface area contributed by atoms with Crippen molar-refractivity contribution in [2.75, 3.05) is 13.1 Å². The summed E-state index contributed by atoms with van der Waals surface area (Å²) < 4.78 is 7.05. The Hall–Kier alpha value is -2.96. The van der Waals surface area contributed by atoms with Crippen molar-refractivity contribution in [2.24, 2.45) is 0 Å². The highest BCUT2D eigenvalue weighted by Crippen LogP contribution is 2.25. The first-order valence-electron chi connectivity index (χ1n) is 8.39. The van der Waals surface area contributed by atoms with Gasteiger partial charge in [-0.2, -0.15) is 0 Å². The molecule has 0 N–H and O–H groups in total. The van der Waals surface area contributed by atoms with Gasteiger partial charge in [0.05, 0.1) is 12.2 Å². The van der Waals surface area contributed by atoms with Crippen LogP contribution in [0.25, 0.3) is 11.3 Å². The fourth-order valence-electron chi connectivity index (χ4n) is 3.19. The minimum atomic E-state index is -0.0618. The number of aromatic nitrogens is 4. The second-order valence-electron chi connectivity index (χ2n) is 6.23. The molecule has 0 bridgehead atoms. The smallest absolute Gasteiger partial charge is 0.276 e. The Morgan fingerprint density at radius 2 is 1.96 bits per heavy atom. The van der Waals surface area contributed by atoms with E-state index in [2.05, 4.69) is 15.3 Å². The number of carbonyl (C=O) groups is 1. The third kappa shape index (κ3) is 3.05. The summed E-state index contributed by atoms with van der Waals surface area (Å²) in [6.07, 6.45) is 5.00. The molecule has 1 aromatic carbocycles. The number of benzene rings is 1.